The number of nitrogens with one attached hydrogen (secondary N) is 1. The molecule has 0 radical (unpaired) electrons. The summed E-state index contributed by atoms with van der Waals surface area (Å²) < 4.78 is 0. The summed E-state index contributed by atoms with van der Waals surface area (Å²) in [5, 5.41) is 5.24. The fraction of sp³-hybridized carbons (Fsp3) is 0.450. The molecule has 0 saturated carbocycles. The Morgan fingerprint density at radius 2 is 2.00 bits per heavy atom. The number of aryl methyl sites for hydroxylation is 1. The van der Waals surface area contributed by atoms with Gasteiger partial charge in [-0.05, 0) is 48.9 Å². The van der Waals surface area contributed by atoms with E-state index >= 15 is 0 Å². The highest BCUT2D eigenvalue weighted by molar-refractivity contribution is 7.10. The molecule has 3 rings (SSSR count). The Kier molecular flexibility index (Phi) is 6.05. The third-order valence-electron chi connectivity index (χ3n) is 4.76. The number of nitrogens with zero attached hydrogens (tertiary/aromatic N) is 1. The third-order valence-corrected chi connectivity index (χ3v) is 5.77. The lowest BCUT2D eigenvalue weighted by molar-refractivity contribution is -0.122. The van der Waals surface area contributed by atoms with Crippen molar-refractivity contribution >= 4 is 17.2 Å². The van der Waals surface area contributed by atoms with Gasteiger partial charge < -0.3 is 5.32 Å². The topological polar surface area (TPSA) is 32.3 Å². The number of hydrogen-bond acceptors (Lipinski definition) is 3. The number of rotatable bonds is 3. The minimum absolute atomic E-state index is 0.144. The number of hydrogen-bond donors (Lipinski definition) is 1. The molecule has 3 nitrogen and oxygen atoms in total. The Morgan fingerprint density at radius 1 is 1.17 bits per heavy atom. The van der Waals surface area contributed by atoms with E-state index in [1.54, 1.807) is 0 Å². The van der Waals surface area contributed by atoms with Crippen LogP contribution >= 0.6 is 11.3 Å². The second-order valence-corrected chi connectivity index (χ2v) is 7.54. The zero-order chi connectivity index (χ0) is 16.8. The molecule has 1 amide bonds. The molecule has 2 aromatic rings. The largest absolute Gasteiger partial charge is 0.356 e. The van der Waals surface area contributed by atoms with Gasteiger partial charge in [0.15, 0.2) is 0 Å². The van der Waals surface area contributed by atoms with E-state index in [-0.39, 0.29) is 11.9 Å². The van der Waals surface area contributed by atoms with Crippen molar-refractivity contribution in [1.29, 1.82) is 0 Å². The van der Waals surface area contributed by atoms with Gasteiger partial charge in [-0.25, -0.2) is 0 Å². The maximum Gasteiger partial charge on any atom is 0.221 e. The Labute approximate surface area is 148 Å². The Bertz CT molecular complexity index is 653. The molecular weight excluding hydrogens is 316 g/mol. The van der Waals surface area contributed by atoms with Crippen molar-refractivity contribution in [3.63, 3.8) is 0 Å². The molecule has 4 heteroatoms. The molecule has 1 aromatic carbocycles. The Morgan fingerprint density at radius 3 is 2.75 bits per heavy atom. The van der Waals surface area contributed by atoms with E-state index in [4.69, 9.17) is 0 Å². The van der Waals surface area contributed by atoms with Crippen molar-refractivity contribution in [2.45, 2.75) is 45.2 Å². The van der Waals surface area contributed by atoms with Crippen molar-refractivity contribution in [1.82, 2.24) is 10.2 Å². The summed E-state index contributed by atoms with van der Waals surface area (Å²) >= 11 is 1.82. The van der Waals surface area contributed by atoms with Crippen LogP contribution < -0.4 is 5.32 Å². The van der Waals surface area contributed by atoms with Gasteiger partial charge in [0.2, 0.25) is 5.91 Å². The van der Waals surface area contributed by atoms with Crippen LogP contribution in [0.4, 0.5) is 0 Å². The van der Waals surface area contributed by atoms with Crippen LogP contribution in [0.2, 0.25) is 0 Å². The van der Waals surface area contributed by atoms with Gasteiger partial charge in [0.05, 0.1) is 0 Å². The predicted octanol–water partition coefficient (Wildman–Crippen LogP) is 4.29. The molecule has 1 saturated heterocycles. The molecule has 0 bridgehead atoms. The summed E-state index contributed by atoms with van der Waals surface area (Å²) in [5.74, 6) is 0.165. The monoisotopic (exact) mass is 342 g/mol. The van der Waals surface area contributed by atoms with E-state index in [1.807, 2.05) is 17.4 Å². The van der Waals surface area contributed by atoms with Crippen LogP contribution in [0, 0.1) is 6.92 Å². The SMILES string of the molecule is Cc1ccsc1CN1CCCCCNC(=O)CC1c1ccccc1. The zero-order valence-corrected chi connectivity index (χ0v) is 15.1. The van der Waals surface area contributed by atoms with E-state index in [2.05, 4.69) is 52.9 Å². The minimum Gasteiger partial charge on any atom is -0.356 e. The number of benzene rings is 1. The van der Waals surface area contributed by atoms with Crippen LogP contribution in [-0.4, -0.2) is 23.9 Å². The van der Waals surface area contributed by atoms with Crippen LogP contribution in [0.15, 0.2) is 41.8 Å². The van der Waals surface area contributed by atoms with Gasteiger partial charge in [-0.3, -0.25) is 9.69 Å². The van der Waals surface area contributed by atoms with E-state index in [9.17, 15) is 4.79 Å². The molecule has 1 aliphatic rings. The van der Waals surface area contributed by atoms with Gasteiger partial charge in [-0.2, -0.15) is 0 Å². The molecule has 128 valence electrons. The maximum atomic E-state index is 12.4. The summed E-state index contributed by atoms with van der Waals surface area (Å²) in [5.41, 5.74) is 2.59. The van der Waals surface area contributed by atoms with E-state index < -0.39 is 0 Å². The first kappa shape index (κ1) is 17.2. The second kappa shape index (κ2) is 8.45. The van der Waals surface area contributed by atoms with E-state index in [0.717, 1.165) is 26.1 Å². The molecule has 2 heterocycles. The summed E-state index contributed by atoms with van der Waals surface area (Å²) in [6.07, 6.45) is 3.97. The maximum absolute atomic E-state index is 12.4. The molecule has 0 aliphatic carbocycles. The van der Waals surface area contributed by atoms with Crippen LogP contribution in [0.5, 0.6) is 0 Å². The van der Waals surface area contributed by atoms with Gasteiger partial charge in [0, 0.05) is 30.4 Å². The number of amides is 1. The first-order valence-electron chi connectivity index (χ1n) is 8.82. The van der Waals surface area contributed by atoms with Gasteiger partial charge in [-0.1, -0.05) is 36.8 Å². The Balaban J connectivity index is 1.87. The molecule has 1 aliphatic heterocycles. The highest BCUT2D eigenvalue weighted by atomic mass is 32.1. The van der Waals surface area contributed by atoms with Crippen LogP contribution in [0.1, 0.15) is 47.7 Å². The summed E-state index contributed by atoms with van der Waals surface area (Å²) in [4.78, 5) is 16.3. The molecule has 1 N–H and O–H groups in total. The standard InChI is InChI=1S/C20H26N2OS/c1-16-10-13-24-19(16)15-22-12-7-3-6-11-21-20(23)14-18(22)17-8-4-2-5-9-17/h2,4-5,8-10,13,18H,3,6-7,11-12,14-15H2,1H3,(H,21,23). The smallest absolute Gasteiger partial charge is 0.221 e. The molecule has 1 atom stereocenters. The highest BCUT2D eigenvalue weighted by Crippen LogP contribution is 2.29. The van der Waals surface area contributed by atoms with E-state index in [1.165, 1.54) is 28.8 Å². The van der Waals surface area contributed by atoms with Gasteiger partial charge in [0.1, 0.15) is 0 Å². The van der Waals surface area contributed by atoms with E-state index in [0.29, 0.717) is 6.42 Å². The molecular formula is C20H26N2OS. The lowest BCUT2D eigenvalue weighted by atomic mass is 9.99. The van der Waals surface area contributed by atoms with Crippen LogP contribution in [0.3, 0.4) is 0 Å². The number of carbonyl (C=O) groups excluding carboxylic acids is 1. The fourth-order valence-electron chi connectivity index (χ4n) is 3.32. The second-order valence-electron chi connectivity index (χ2n) is 6.54. The molecule has 1 fully saturated rings. The average Bonchev–Trinajstić information content (AvgIpc) is 3.00. The van der Waals surface area contributed by atoms with Gasteiger partial charge >= 0.3 is 0 Å². The lowest BCUT2D eigenvalue weighted by Gasteiger charge is -2.32. The van der Waals surface area contributed by atoms with Crippen molar-refractivity contribution < 1.29 is 4.79 Å². The Hall–Kier alpha value is -1.65. The predicted molar refractivity (Wildman–Crippen MR) is 100 cm³/mol. The third kappa shape index (κ3) is 4.46. The first-order valence-corrected chi connectivity index (χ1v) is 9.70. The summed E-state index contributed by atoms with van der Waals surface area (Å²) in [7, 11) is 0. The average molecular weight is 343 g/mol. The van der Waals surface area contributed by atoms with Crippen molar-refractivity contribution in [3.05, 3.63) is 57.8 Å². The van der Waals surface area contributed by atoms with Crippen molar-refractivity contribution in [2.75, 3.05) is 13.1 Å². The first-order chi connectivity index (χ1) is 11.7. The molecule has 1 aromatic heterocycles. The normalized spacial score (nSPS) is 20.5. The molecule has 24 heavy (non-hydrogen) atoms. The van der Waals surface area contributed by atoms with Crippen molar-refractivity contribution in [2.24, 2.45) is 0 Å². The van der Waals surface area contributed by atoms with Gasteiger partial charge in [-0.15, -0.1) is 11.3 Å². The van der Waals surface area contributed by atoms with Gasteiger partial charge in [0.25, 0.3) is 0 Å². The summed E-state index contributed by atoms with van der Waals surface area (Å²) in [6.45, 7) is 4.96. The lowest BCUT2D eigenvalue weighted by Crippen LogP contribution is -2.35. The zero-order valence-electron chi connectivity index (χ0n) is 14.3. The fourth-order valence-corrected chi connectivity index (χ4v) is 4.25. The number of carbonyl (C=O) groups is 1. The minimum atomic E-state index is 0.144. The quantitative estimate of drug-likeness (QED) is 0.902. The highest BCUT2D eigenvalue weighted by Gasteiger charge is 2.24. The van der Waals surface area contributed by atoms with Crippen LogP contribution in [0.25, 0.3) is 0 Å². The van der Waals surface area contributed by atoms with Crippen molar-refractivity contribution in [3.8, 4) is 0 Å². The van der Waals surface area contributed by atoms with Crippen LogP contribution in [-0.2, 0) is 11.3 Å². The molecule has 1 unspecified atom stereocenters. The summed E-state index contributed by atoms with van der Waals surface area (Å²) in [6, 6.07) is 12.8. The number of thiophene rings is 1. The molecule has 0 spiro atoms.